The molecule has 1 unspecified atom stereocenters. The molecule has 0 fully saturated rings. The van der Waals surface area contributed by atoms with E-state index >= 15 is 0 Å². The fraction of sp³-hybridized carbons (Fsp3) is 0.250. The van der Waals surface area contributed by atoms with Gasteiger partial charge in [0.1, 0.15) is 11.3 Å². The zero-order valence-corrected chi connectivity index (χ0v) is 11.1. The fourth-order valence-electron chi connectivity index (χ4n) is 2.16. The molecule has 3 heterocycles. The normalized spacial score (nSPS) is 13.2. The monoisotopic (exact) mass is 277 g/mol. The molecular weight excluding hydrogens is 266 g/mol. The highest BCUT2D eigenvalue weighted by Crippen LogP contribution is 2.24. The quantitative estimate of drug-likeness (QED) is 0.773. The lowest BCUT2D eigenvalue weighted by Crippen LogP contribution is -2.32. The smallest absolute Gasteiger partial charge is 0.328 e. The number of rotatable bonds is 2. The predicted octanol–water partition coefficient (Wildman–Crippen LogP) is 1.66. The first-order valence-electron chi connectivity index (χ1n) is 5.71. The van der Waals surface area contributed by atoms with Crippen LogP contribution in [0.25, 0.3) is 15.7 Å². The van der Waals surface area contributed by atoms with Crippen LogP contribution in [0.1, 0.15) is 18.8 Å². The Morgan fingerprint density at radius 2 is 2.21 bits per heavy atom. The Bertz CT molecular complexity index is 858. The molecule has 3 aromatic heterocycles. The second-order valence-corrected chi connectivity index (χ2v) is 5.29. The van der Waals surface area contributed by atoms with E-state index in [0.29, 0.717) is 11.3 Å². The molecule has 0 aliphatic carbocycles. The molecule has 3 rings (SSSR count). The molecular formula is C12H11N3O3S. The van der Waals surface area contributed by atoms with E-state index in [9.17, 15) is 9.59 Å². The van der Waals surface area contributed by atoms with Gasteiger partial charge in [-0.25, -0.2) is 9.48 Å². The lowest BCUT2D eigenvalue weighted by molar-refractivity contribution is -0.140. The van der Waals surface area contributed by atoms with Crippen LogP contribution in [-0.2, 0) is 4.79 Å². The number of fused-ring (bicyclic) bond motifs is 3. The predicted molar refractivity (Wildman–Crippen MR) is 71.9 cm³/mol. The molecule has 3 aromatic rings. The van der Waals surface area contributed by atoms with Gasteiger partial charge in [0.25, 0.3) is 5.56 Å². The van der Waals surface area contributed by atoms with Crippen LogP contribution in [0.15, 0.2) is 22.3 Å². The van der Waals surface area contributed by atoms with Crippen molar-refractivity contribution in [3.63, 3.8) is 0 Å². The van der Waals surface area contributed by atoms with E-state index in [4.69, 9.17) is 5.11 Å². The second-order valence-electron chi connectivity index (χ2n) is 4.35. The number of carboxylic acids is 1. The van der Waals surface area contributed by atoms with E-state index in [0.717, 1.165) is 14.9 Å². The van der Waals surface area contributed by atoms with Gasteiger partial charge in [-0.05, 0) is 31.4 Å². The summed E-state index contributed by atoms with van der Waals surface area (Å²) in [6, 6.07) is 2.72. The Balaban J connectivity index is 2.43. The Kier molecular flexibility index (Phi) is 2.46. The van der Waals surface area contributed by atoms with Crippen molar-refractivity contribution in [2.45, 2.75) is 19.9 Å². The van der Waals surface area contributed by atoms with Crippen LogP contribution in [0.2, 0.25) is 0 Å². The lowest BCUT2D eigenvalue weighted by Gasteiger charge is -2.11. The van der Waals surface area contributed by atoms with Crippen molar-refractivity contribution in [2.24, 2.45) is 0 Å². The van der Waals surface area contributed by atoms with Gasteiger partial charge in [-0.2, -0.15) is 5.10 Å². The summed E-state index contributed by atoms with van der Waals surface area (Å²) in [6.07, 6.45) is 0. The van der Waals surface area contributed by atoms with E-state index in [1.165, 1.54) is 18.3 Å². The molecule has 0 bridgehead atoms. The van der Waals surface area contributed by atoms with Crippen molar-refractivity contribution < 1.29 is 9.90 Å². The first-order chi connectivity index (χ1) is 9.00. The Morgan fingerprint density at radius 3 is 2.89 bits per heavy atom. The van der Waals surface area contributed by atoms with Crippen molar-refractivity contribution in [1.29, 1.82) is 0 Å². The van der Waals surface area contributed by atoms with Gasteiger partial charge in [0.2, 0.25) is 0 Å². The average Bonchev–Trinajstić information content (AvgIpc) is 2.92. The largest absolute Gasteiger partial charge is 0.480 e. The van der Waals surface area contributed by atoms with E-state index in [1.807, 2.05) is 11.4 Å². The number of hydrogen-bond acceptors (Lipinski definition) is 4. The maximum Gasteiger partial charge on any atom is 0.328 e. The third-order valence-electron chi connectivity index (χ3n) is 3.15. The summed E-state index contributed by atoms with van der Waals surface area (Å²) in [5.41, 5.74) is 1.00. The van der Waals surface area contributed by atoms with Crippen LogP contribution in [0.3, 0.4) is 0 Å². The molecule has 1 N–H and O–H groups in total. The van der Waals surface area contributed by atoms with Gasteiger partial charge >= 0.3 is 5.97 Å². The number of thiophene rings is 1. The molecule has 7 heteroatoms. The third kappa shape index (κ3) is 1.58. The first kappa shape index (κ1) is 11.9. The van der Waals surface area contributed by atoms with Crippen LogP contribution >= 0.6 is 11.3 Å². The van der Waals surface area contributed by atoms with E-state index in [2.05, 4.69) is 5.10 Å². The van der Waals surface area contributed by atoms with Gasteiger partial charge in [-0.1, -0.05) is 0 Å². The zero-order chi connectivity index (χ0) is 13.7. The third-order valence-corrected chi connectivity index (χ3v) is 4.00. The Labute approximate surface area is 111 Å². The summed E-state index contributed by atoms with van der Waals surface area (Å²) in [4.78, 5) is 23.3. The van der Waals surface area contributed by atoms with Crippen molar-refractivity contribution in [3.05, 3.63) is 33.7 Å². The molecule has 6 nitrogen and oxygen atoms in total. The fourth-order valence-corrected chi connectivity index (χ4v) is 2.97. The van der Waals surface area contributed by atoms with Gasteiger partial charge < -0.3 is 5.11 Å². The van der Waals surface area contributed by atoms with Crippen LogP contribution in [0.5, 0.6) is 0 Å². The molecule has 0 aromatic carbocycles. The highest BCUT2D eigenvalue weighted by Gasteiger charge is 2.20. The van der Waals surface area contributed by atoms with Gasteiger partial charge in [-0.15, -0.1) is 11.3 Å². The minimum atomic E-state index is -1.08. The molecule has 0 amide bonds. The number of aromatic nitrogens is 3. The number of carbonyl (C=O) groups is 1. The topological polar surface area (TPSA) is 76.6 Å². The number of aryl methyl sites for hydroxylation is 1. The number of carboxylic acid groups (broad SMARTS) is 1. The van der Waals surface area contributed by atoms with Crippen LogP contribution in [0, 0.1) is 6.92 Å². The standard InChI is InChI=1S/C12H11N3O3S/c1-6(12(17)18)15-11(16)9-5-10-8(3-4-19-10)14(9)7(2)13-15/h3-6H,1-2H3,(H,17,18). The summed E-state index contributed by atoms with van der Waals surface area (Å²) < 4.78 is 3.78. The SMILES string of the molecule is Cc1nn(C(C)C(=O)O)c(=O)c2cc3sccc3n12. The second kappa shape index (κ2) is 3.92. The number of nitrogens with zero attached hydrogens (tertiary/aromatic N) is 3. The summed E-state index contributed by atoms with van der Waals surface area (Å²) in [5.74, 6) is -0.484. The van der Waals surface area contributed by atoms with Gasteiger partial charge in [0, 0.05) is 0 Å². The number of aliphatic carboxylic acids is 1. The molecule has 0 radical (unpaired) electrons. The molecule has 0 saturated carbocycles. The molecule has 1 atom stereocenters. The van der Waals surface area contributed by atoms with Crippen molar-refractivity contribution >= 4 is 33.0 Å². The Morgan fingerprint density at radius 1 is 1.47 bits per heavy atom. The van der Waals surface area contributed by atoms with E-state index < -0.39 is 12.0 Å². The van der Waals surface area contributed by atoms with Crippen LogP contribution < -0.4 is 5.56 Å². The number of hydrogen-bond donors (Lipinski definition) is 1. The van der Waals surface area contributed by atoms with Crippen molar-refractivity contribution in [1.82, 2.24) is 14.2 Å². The van der Waals surface area contributed by atoms with Crippen molar-refractivity contribution in [2.75, 3.05) is 0 Å². The zero-order valence-electron chi connectivity index (χ0n) is 10.3. The minimum Gasteiger partial charge on any atom is -0.480 e. The minimum absolute atomic E-state index is 0.385. The van der Waals surface area contributed by atoms with E-state index in [1.54, 1.807) is 17.4 Å². The first-order valence-corrected chi connectivity index (χ1v) is 6.59. The highest BCUT2D eigenvalue weighted by molar-refractivity contribution is 7.17. The molecule has 0 aliphatic heterocycles. The molecule has 0 aliphatic rings. The summed E-state index contributed by atoms with van der Waals surface area (Å²) >= 11 is 1.54. The molecule has 0 saturated heterocycles. The Hall–Kier alpha value is -2.15. The van der Waals surface area contributed by atoms with Crippen LogP contribution in [-0.4, -0.2) is 25.3 Å². The molecule has 0 spiro atoms. The summed E-state index contributed by atoms with van der Waals surface area (Å²) in [5, 5.41) is 15.1. The van der Waals surface area contributed by atoms with E-state index in [-0.39, 0.29) is 5.56 Å². The van der Waals surface area contributed by atoms with Gasteiger partial charge in [-0.3, -0.25) is 9.20 Å². The van der Waals surface area contributed by atoms with Crippen molar-refractivity contribution in [3.8, 4) is 0 Å². The maximum atomic E-state index is 12.3. The molecule has 98 valence electrons. The maximum absolute atomic E-state index is 12.3. The van der Waals surface area contributed by atoms with Gasteiger partial charge in [0.05, 0.1) is 10.2 Å². The highest BCUT2D eigenvalue weighted by atomic mass is 32.1. The molecule has 19 heavy (non-hydrogen) atoms. The lowest BCUT2D eigenvalue weighted by atomic mass is 10.3. The summed E-state index contributed by atoms with van der Waals surface area (Å²) in [7, 11) is 0. The average molecular weight is 277 g/mol. The van der Waals surface area contributed by atoms with Crippen LogP contribution in [0.4, 0.5) is 0 Å². The van der Waals surface area contributed by atoms with Gasteiger partial charge in [0.15, 0.2) is 6.04 Å². The summed E-state index contributed by atoms with van der Waals surface area (Å²) in [6.45, 7) is 3.20.